The number of nitrogens with zero attached hydrogens (tertiary/aromatic N) is 4. The molecule has 208 valence electrons. The quantitative estimate of drug-likeness (QED) is 0.205. The molecule has 0 saturated carbocycles. The third kappa shape index (κ3) is 6.31. The molecule has 3 aromatic carbocycles. The monoisotopic (exact) mass is 604 g/mol. The molecule has 2 aromatic heterocycles. The molecule has 0 radical (unpaired) electrons. The first-order valence-electron chi connectivity index (χ1n) is 14.0. The van der Waals surface area contributed by atoms with Crippen molar-refractivity contribution in [3.8, 4) is 44.9 Å². The van der Waals surface area contributed by atoms with Crippen LogP contribution in [0.2, 0.25) is 0 Å². The fraction of sp³-hybridized carbons (Fsp3) is 0.278. The number of hydrogen-bond acceptors (Lipinski definition) is 4. The molecule has 2 heterocycles. The highest BCUT2D eigenvalue weighted by Gasteiger charge is 2.25. The highest BCUT2D eigenvalue weighted by Crippen LogP contribution is 2.38. The summed E-state index contributed by atoms with van der Waals surface area (Å²) in [7, 11) is 0. The Labute approximate surface area is 252 Å². The molecule has 0 amide bonds. The molecule has 0 spiro atoms. The van der Waals surface area contributed by atoms with E-state index in [-0.39, 0.29) is 10.8 Å². The predicted molar refractivity (Wildman–Crippen MR) is 174 cm³/mol. The Morgan fingerprint density at radius 3 is 1.68 bits per heavy atom. The average molecular weight is 606 g/mol. The first kappa shape index (κ1) is 28.8. The van der Waals surface area contributed by atoms with Gasteiger partial charge in [0.25, 0.3) is 0 Å². The van der Waals surface area contributed by atoms with E-state index in [0.717, 1.165) is 38.5 Å². The second-order valence-corrected chi connectivity index (χ2v) is 13.7. The Kier molecular flexibility index (Phi) is 7.69. The molecule has 0 aliphatic rings. The zero-order valence-corrected chi connectivity index (χ0v) is 26.8. The smallest absolute Gasteiger partial charge is 0.164 e. The van der Waals surface area contributed by atoms with E-state index in [1.165, 1.54) is 27.8 Å². The van der Waals surface area contributed by atoms with E-state index < -0.39 is 0 Å². The second kappa shape index (κ2) is 10.9. The van der Waals surface area contributed by atoms with E-state index in [1.54, 1.807) is 0 Å². The molecule has 5 heteroatoms. The summed E-state index contributed by atoms with van der Waals surface area (Å²) in [5.74, 6) is 2.24. The van der Waals surface area contributed by atoms with Gasteiger partial charge < -0.3 is 0 Å². The minimum atomic E-state index is -0.185. The van der Waals surface area contributed by atoms with E-state index in [1.807, 2.05) is 18.3 Å². The molecule has 0 bridgehead atoms. The molecule has 5 rings (SSSR count). The van der Waals surface area contributed by atoms with Gasteiger partial charge in [0, 0.05) is 32.6 Å². The Balaban J connectivity index is 1.49. The normalized spacial score (nSPS) is 12.0. The lowest BCUT2D eigenvalue weighted by Gasteiger charge is -2.22. The molecule has 0 N–H and O–H groups in total. The summed E-state index contributed by atoms with van der Waals surface area (Å²) in [4.78, 5) is 19.3. The van der Waals surface area contributed by atoms with Crippen LogP contribution in [0.3, 0.4) is 0 Å². The number of hydrogen-bond donors (Lipinski definition) is 0. The predicted octanol–water partition coefficient (Wildman–Crippen LogP) is 9.91. The van der Waals surface area contributed by atoms with E-state index in [2.05, 4.69) is 132 Å². The van der Waals surface area contributed by atoms with Gasteiger partial charge in [-0.2, -0.15) is 0 Å². The summed E-state index contributed by atoms with van der Waals surface area (Å²) >= 11 is 3.87. The minimum Gasteiger partial charge on any atom is -0.255 e. The molecule has 0 saturated heterocycles. The van der Waals surface area contributed by atoms with Crippen LogP contribution in [0.25, 0.3) is 44.9 Å². The van der Waals surface area contributed by atoms with Crippen LogP contribution in [0.1, 0.15) is 64.3 Å². The van der Waals surface area contributed by atoms with Crippen molar-refractivity contribution in [1.29, 1.82) is 0 Å². The Hall–Kier alpha value is -3.70. The van der Waals surface area contributed by atoms with Crippen molar-refractivity contribution in [2.24, 2.45) is 0 Å². The summed E-state index contributed by atoms with van der Waals surface area (Å²) in [6.07, 6.45) is 1.86. The van der Waals surface area contributed by atoms with Gasteiger partial charge in [0.15, 0.2) is 5.82 Å². The Morgan fingerprint density at radius 1 is 0.561 bits per heavy atom. The maximum Gasteiger partial charge on any atom is 0.164 e. The average Bonchev–Trinajstić information content (AvgIpc) is 2.91. The lowest BCUT2D eigenvalue weighted by Crippen LogP contribution is -2.24. The van der Waals surface area contributed by atoms with Crippen LogP contribution < -0.4 is 0 Å². The molecule has 0 aliphatic carbocycles. The molecular weight excluding hydrogens is 568 g/mol. The number of benzene rings is 3. The number of aromatic nitrogens is 4. The van der Waals surface area contributed by atoms with Crippen molar-refractivity contribution >= 4 is 15.9 Å². The van der Waals surface area contributed by atoms with E-state index in [9.17, 15) is 0 Å². The van der Waals surface area contributed by atoms with Gasteiger partial charge >= 0.3 is 0 Å². The van der Waals surface area contributed by atoms with Crippen LogP contribution in [-0.4, -0.2) is 19.9 Å². The summed E-state index contributed by atoms with van der Waals surface area (Å²) in [5, 5.41) is 0. The molecule has 5 aromatic rings. The standard InChI is InChI=1S/C36H37BrN4/c1-22-17-23(2)19-26(18-22)27-11-9-10-12-28(27)29-15-13-24(20-30(29)37)31-16-14-25(21-38-31)32-39-33(35(3,4)5)41-34(40-32)36(6,7)8/h9-21H,1-8H3. The minimum absolute atomic E-state index is 0.185. The number of halogens is 1. The van der Waals surface area contributed by atoms with Gasteiger partial charge in [-0.25, -0.2) is 15.0 Å². The van der Waals surface area contributed by atoms with Crippen LogP contribution in [0, 0.1) is 13.8 Å². The van der Waals surface area contributed by atoms with E-state index in [4.69, 9.17) is 19.9 Å². The fourth-order valence-electron chi connectivity index (χ4n) is 4.87. The van der Waals surface area contributed by atoms with Gasteiger partial charge in [-0.15, -0.1) is 0 Å². The third-order valence-corrected chi connectivity index (χ3v) is 7.67. The lowest BCUT2D eigenvalue weighted by molar-refractivity contribution is 0.497. The van der Waals surface area contributed by atoms with Crippen LogP contribution >= 0.6 is 15.9 Å². The van der Waals surface area contributed by atoms with Gasteiger partial charge in [-0.1, -0.05) is 123 Å². The van der Waals surface area contributed by atoms with Crippen molar-refractivity contribution in [3.05, 3.63) is 106 Å². The SMILES string of the molecule is Cc1cc(C)cc(-c2ccccc2-c2ccc(-c3ccc(-c4nc(C(C)(C)C)nc(C(C)(C)C)n4)cn3)cc2Br)c1. The summed E-state index contributed by atoms with van der Waals surface area (Å²) < 4.78 is 1.03. The maximum atomic E-state index is 4.82. The zero-order valence-electron chi connectivity index (χ0n) is 25.2. The first-order chi connectivity index (χ1) is 19.3. The number of rotatable bonds is 4. The van der Waals surface area contributed by atoms with Gasteiger partial charge in [0.2, 0.25) is 0 Å². The number of pyridine rings is 1. The second-order valence-electron chi connectivity index (χ2n) is 12.9. The third-order valence-electron chi connectivity index (χ3n) is 7.01. The molecule has 41 heavy (non-hydrogen) atoms. The molecule has 0 aliphatic heterocycles. The number of aryl methyl sites for hydroxylation is 2. The van der Waals surface area contributed by atoms with Crippen LogP contribution in [-0.2, 0) is 10.8 Å². The van der Waals surface area contributed by atoms with E-state index >= 15 is 0 Å². The van der Waals surface area contributed by atoms with Crippen LogP contribution in [0.15, 0.2) is 83.5 Å². The van der Waals surface area contributed by atoms with Crippen LogP contribution in [0.4, 0.5) is 0 Å². The van der Waals surface area contributed by atoms with Crippen molar-refractivity contribution < 1.29 is 0 Å². The Bertz CT molecular complexity index is 1670. The summed E-state index contributed by atoms with van der Waals surface area (Å²) in [6.45, 7) is 17.1. The topological polar surface area (TPSA) is 51.6 Å². The molecule has 0 fully saturated rings. The van der Waals surface area contributed by atoms with Gasteiger partial charge in [0.1, 0.15) is 11.6 Å². The zero-order chi connectivity index (χ0) is 29.5. The fourth-order valence-corrected chi connectivity index (χ4v) is 5.46. The lowest BCUT2D eigenvalue weighted by atomic mass is 9.92. The van der Waals surface area contributed by atoms with Crippen LogP contribution in [0.5, 0.6) is 0 Å². The van der Waals surface area contributed by atoms with Crippen molar-refractivity contribution in [2.75, 3.05) is 0 Å². The molecule has 4 nitrogen and oxygen atoms in total. The highest BCUT2D eigenvalue weighted by atomic mass is 79.9. The van der Waals surface area contributed by atoms with Gasteiger partial charge in [0.05, 0.1) is 5.69 Å². The maximum absolute atomic E-state index is 4.82. The largest absolute Gasteiger partial charge is 0.255 e. The van der Waals surface area contributed by atoms with Crippen molar-refractivity contribution in [2.45, 2.75) is 66.2 Å². The first-order valence-corrected chi connectivity index (χ1v) is 14.8. The van der Waals surface area contributed by atoms with Gasteiger partial charge in [-0.05, 0) is 54.3 Å². The van der Waals surface area contributed by atoms with E-state index in [0.29, 0.717) is 5.82 Å². The van der Waals surface area contributed by atoms with Crippen molar-refractivity contribution in [1.82, 2.24) is 19.9 Å². The summed E-state index contributed by atoms with van der Waals surface area (Å²) in [5.41, 5.74) is 9.76. The highest BCUT2D eigenvalue weighted by molar-refractivity contribution is 9.10. The van der Waals surface area contributed by atoms with Crippen molar-refractivity contribution in [3.63, 3.8) is 0 Å². The molecule has 0 unspecified atom stereocenters. The summed E-state index contributed by atoms with van der Waals surface area (Å²) in [6, 6.07) is 25.8. The molecular formula is C36H37BrN4. The molecule has 0 atom stereocenters. The van der Waals surface area contributed by atoms with Gasteiger partial charge in [-0.3, -0.25) is 4.98 Å². The Morgan fingerprint density at radius 2 is 1.15 bits per heavy atom.